The van der Waals surface area contributed by atoms with Gasteiger partial charge in [0.2, 0.25) is 11.7 Å². The fourth-order valence-electron chi connectivity index (χ4n) is 1.71. The molecule has 0 saturated heterocycles. The fraction of sp³-hybridized carbons (Fsp3) is 0.167. The molecule has 0 bridgehead atoms. The summed E-state index contributed by atoms with van der Waals surface area (Å²) in [6.45, 7) is 2.06. The van der Waals surface area contributed by atoms with Gasteiger partial charge < -0.3 is 4.52 Å². The summed E-state index contributed by atoms with van der Waals surface area (Å²) in [5.74, 6) is 1.50. The number of benzene rings is 1. The minimum absolute atomic E-state index is 0.427. The molecule has 0 aliphatic rings. The van der Waals surface area contributed by atoms with Crippen LogP contribution in [0.15, 0.2) is 35.1 Å². The Bertz CT molecular complexity index is 644. The van der Waals surface area contributed by atoms with Gasteiger partial charge in [0.05, 0.1) is 6.42 Å². The summed E-state index contributed by atoms with van der Waals surface area (Å²) in [7, 11) is 0. The second kappa shape index (κ2) is 4.40. The third-order valence-electron chi connectivity index (χ3n) is 2.70. The smallest absolute Gasteiger partial charge is 0.239 e. The van der Waals surface area contributed by atoms with E-state index in [9.17, 15) is 0 Å². The fourth-order valence-corrected chi connectivity index (χ4v) is 1.71. The quantitative estimate of drug-likeness (QED) is 0.755. The van der Waals surface area contributed by atoms with Gasteiger partial charge in [-0.1, -0.05) is 29.4 Å². The summed E-state index contributed by atoms with van der Waals surface area (Å²) in [4.78, 5) is 8.25. The van der Waals surface area contributed by atoms with Crippen molar-refractivity contribution in [2.75, 3.05) is 0 Å². The molecule has 0 amide bonds. The number of H-pyrrole nitrogens is 1. The Morgan fingerprint density at radius 2 is 2.17 bits per heavy atom. The molecule has 0 radical (unpaired) electrons. The van der Waals surface area contributed by atoms with E-state index in [0.717, 1.165) is 0 Å². The molecule has 3 aromatic rings. The van der Waals surface area contributed by atoms with Crippen molar-refractivity contribution in [1.82, 2.24) is 25.3 Å². The first-order valence-corrected chi connectivity index (χ1v) is 5.56. The van der Waals surface area contributed by atoms with E-state index in [1.54, 1.807) is 0 Å². The van der Waals surface area contributed by atoms with Gasteiger partial charge >= 0.3 is 0 Å². The van der Waals surface area contributed by atoms with Gasteiger partial charge in [-0.25, -0.2) is 4.98 Å². The molecular formula is C12H11N5O. The van der Waals surface area contributed by atoms with Crippen LogP contribution >= 0.6 is 0 Å². The number of hydrogen-bond acceptors (Lipinski definition) is 5. The topological polar surface area (TPSA) is 80.5 Å². The van der Waals surface area contributed by atoms with Gasteiger partial charge in [-0.15, -0.1) is 0 Å². The average molecular weight is 241 g/mol. The molecule has 0 unspecified atom stereocenters. The molecule has 90 valence electrons. The van der Waals surface area contributed by atoms with Crippen molar-refractivity contribution in [3.05, 3.63) is 47.6 Å². The van der Waals surface area contributed by atoms with Crippen molar-refractivity contribution < 1.29 is 4.52 Å². The predicted octanol–water partition coefficient (Wildman–Crippen LogP) is 1.75. The van der Waals surface area contributed by atoms with Crippen LogP contribution in [-0.4, -0.2) is 25.3 Å². The second-order valence-corrected chi connectivity index (χ2v) is 3.95. The molecule has 6 heteroatoms. The monoisotopic (exact) mass is 241 g/mol. The molecular weight excluding hydrogens is 230 g/mol. The van der Waals surface area contributed by atoms with Crippen LogP contribution in [0.1, 0.15) is 17.0 Å². The average Bonchev–Trinajstić information content (AvgIpc) is 3.02. The van der Waals surface area contributed by atoms with Crippen molar-refractivity contribution in [3.8, 4) is 11.6 Å². The molecule has 0 aliphatic carbocycles. The molecule has 2 aromatic heterocycles. The van der Waals surface area contributed by atoms with Gasteiger partial charge in [0.15, 0.2) is 5.82 Å². The lowest BCUT2D eigenvalue weighted by Crippen LogP contribution is -1.92. The van der Waals surface area contributed by atoms with E-state index in [-0.39, 0.29) is 0 Å². The van der Waals surface area contributed by atoms with Crippen molar-refractivity contribution in [2.45, 2.75) is 13.3 Å². The number of aromatic amines is 1. The molecule has 18 heavy (non-hydrogen) atoms. The second-order valence-electron chi connectivity index (χ2n) is 3.95. The van der Waals surface area contributed by atoms with E-state index in [1.165, 1.54) is 17.5 Å². The maximum Gasteiger partial charge on any atom is 0.239 e. The van der Waals surface area contributed by atoms with E-state index in [2.05, 4.69) is 38.3 Å². The number of rotatable bonds is 3. The van der Waals surface area contributed by atoms with Crippen LogP contribution in [0.2, 0.25) is 0 Å². The molecule has 0 fully saturated rings. The zero-order valence-corrected chi connectivity index (χ0v) is 9.79. The lowest BCUT2D eigenvalue weighted by atomic mass is 10.1. The van der Waals surface area contributed by atoms with Gasteiger partial charge in [0, 0.05) is 0 Å². The first-order chi connectivity index (χ1) is 8.83. The highest BCUT2D eigenvalue weighted by molar-refractivity contribution is 5.40. The number of hydrogen-bond donors (Lipinski definition) is 1. The molecule has 3 rings (SSSR count). The van der Waals surface area contributed by atoms with Crippen LogP contribution in [-0.2, 0) is 6.42 Å². The first-order valence-electron chi connectivity index (χ1n) is 5.56. The van der Waals surface area contributed by atoms with E-state index < -0.39 is 0 Å². The van der Waals surface area contributed by atoms with Crippen molar-refractivity contribution in [2.24, 2.45) is 0 Å². The summed E-state index contributed by atoms with van der Waals surface area (Å²) in [6, 6.07) is 8.11. The highest BCUT2D eigenvalue weighted by Crippen LogP contribution is 2.14. The zero-order valence-electron chi connectivity index (χ0n) is 9.79. The Morgan fingerprint density at radius 1 is 1.28 bits per heavy atom. The standard InChI is InChI=1S/C12H11N5O/c1-8-4-2-3-5-9(8)6-10-15-12(17-18-10)11-13-7-14-16-11/h2-5,7H,6H2,1H3,(H,13,14,16). The van der Waals surface area contributed by atoms with Crippen LogP contribution in [0.25, 0.3) is 11.6 Å². The maximum absolute atomic E-state index is 5.20. The number of nitrogens with one attached hydrogen (secondary N) is 1. The Morgan fingerprint density at radius 3 is 2.94 bits per heavy atom. The summed E-state index contributed by atoms with van der Waals surface area (Å²) in [6.07, 6.45) is 2.03. The Balaban J connectivity index is 1.85. The number of nitrogens with zero attached hydrogens (tertiary/aromatic N) is 4. The maximum atomic E-state index is 5.20. The SMILES string of the molecule is Cc1ccccc1Cc1nc(-c2ncn[nH]2)no1. The predicted molar refractivity (Wildman–Crippen MR) is 63.7 cm³/mol. The third kappa shape index (κ3) is 2.00. The van der Waals surface area contributed by atoms with Gasteiger partial charge in [-0.2, -0.15) is 10.1 Å². The summed E-state index contributed by atoms with van der Waals surface area (Å²) in [5, 5.41) is 10.3. The number of aromatic nitrogens is 5. The molecule has 1 N–H and O–H groups in total. The van der Waals surface area contributed by atoms with Gasteiger partial charge in [-0.05, 0) is 18.1 Å². The molecule has 2 heterocycles. The minimum Gasteiger partial charge on any atom is -0.339 e. The van der Waals surface area contributed by atoms with Crippen LogP contribution in [0.4, 0.5) is 0 Å². The Kier molecular flexibility index (Phi) is 2.60. The highest BCUT2D eigenvalue weighted by atomic mass is 16.5. The van der Waals surface area contributed by atoms with Crippen LogP contribution in [0, 0.1) is 6.92 Å². The Labute approximate surface area is 103 Å². The van der Waals surface area contributed by atoms with E-state index in [4.69, 9.17) is 4.52 Å². The molecule has 0 spiro atoms. The van der Waals surface area contributed by atoms with E-state index >= 15 is 0 Å². The summed E-state index contributed by atoms with van der Waals surface area (Å²) in [5.41, 5.74) is 2.38. The van der Waals surface area contributed by atoms with E-state index in [1.807, 2.05) is 18.2 Å². The lowest BCUT2D eigenvalue weighted by Gasteiger charge is -2.00. The molecule has 0 aliphatic heterocycles. The molecule has 0 saturated carbocycles. The van der Waals surface area contributed by atoms with Gasteiger partial charge in [0.1, 0.15) is 6.33 Å². The van der Waals surface area contributed by atoms with Crippen molar-refractivity contribution >= 4 is 0 Å². The Hall–Kier alpha value is -2.50. The van der Waals surface area contributed by atoms with E-state index in [0.29, 0.717) is 24.0 Å². The molecule has 1 aromatic carbocycles. The van der Waals surface area contributed by atoms with Crippen molar-refractivity contribution in [1.29, 1.82) is 0 Å². The third-order valence-corrected chi connectivity index (χ3v) is 2.70. The number of aryl methyl sites for hydroxylation is 1. The van der Waals surface area contributed by atoms with Crippen LogP contribution in [0.5, 0.6) is 0 Å². The molecule has 0 atom stereocenters. The van der Waals surface area contributed by atoms with Gasteiger partial charge in [-0.3, -0.25) is 5.10 Å². The largest absolute Gasteiger partial charge is 0.339 e. The van der Waals surface area contributed by atoms with Gasteiger partial charge in [0.25, 0.3) is 0 Å². The zero-order chi connectivity index (χ0) is 12.4. The van der Waals surface area contributed by atoms with Crippen molar-refractivity contribution in [3.63, 3.8) is 0 Å². The highest BCUT2D eigenvalue weighted by Gasteiger charge is 2.11. The lowest BCUT2D eigenvalue weighted by molar-refractivity contribution is 0.385. The normalized spacial score (nSPS) is 10.7. The molecule has 6 nitrogen and oxygen atoms in total. The van der Waals surface area contributed by atoms with Crippen LogP contribution < -0.4 is 0 Å². The summed E-state index contributed by atoms with van der Waals surface area (Å²) < 4.78 is 5.20. The summed E-state index contributed by atoms with van der Waals surface area (Å²) >= 11 is 0. The first kappa shape index (κ1) is 10.6. The minimum atomic E-state index is 0.427. The van der Waals surface area contributed by atoms with Crippen LogP contribution in [0.3, 0.4) is 0 Å².